The van der Waals surface area contributed by atoms with Crippen molar-refractivity contribution in [1.29, 1.82) is 0 Å². The smallest absolute Gasteiger partial charge is 0.657 e. The molecule has 0 saturated carbocycles. The van der Waals surface area contributed by atoms with Crippen LogP contribution in [0.5, 0.6) is 0 Å². The van der Waals surface area contributed by atoms with Crippen LogP contribution in [-0.4, -0.2) is 11.7 Å². The van der Waals surface area contributed by atoms with Crippen molar-refractivity contribution in [1.82, 2.24) is 9.97 Å². The first-order chi connectivity index (χ1) is 33.4. The van der Waals surface area contributed by atoms with E-state index in [0.717, 1.165) is 71.4 Å². The molecule has 0 N–H and O–H groups in total. The Morgan fingerprint density at radius 1 is 0.549 bits per heavy atom. The molecule has 11 rings (SSSR count). The van der Waals surface area contributed by atoms with Crippen LogP contribution in [0.15, 0.2) is 173 Å². The second kappa shape index (κ2) is 17.7. The quantitative estimate of drug-likeness (QED) is 0.127. The molecule has 6 nitrogen and oxygen atoms in total. The van der Waals surface area contributed by atoms with Crippen LogP contribution in [0.25, 0.3) is 44.5 Å². The number of ether oxygens (including phenoxy) is 1. The zero-order valence-corrected chi connectivity index (χ0v) is 43.1. The number of hydrogen-bond donors (Lipinski definition) is 0. The number of fused-ring (bicyclic) bond motifs is 9. The van der Waals surface area contributed by atoms with Crippen molar-refractivity contribution in [2.45, 2.75) is 78.6 Å². The number of aromatic nitrogens is 2. The van der Waals surface area contributed by atoms with Gasteiger partial charge in [-0.25, -0.2) is 14.8 Å². The van der Waals surface area contributed by atoms with E-state index >= 15 is 0 Å². The van der Waals surface area contributed by atoms with Gasteiger partial charge in [0.15, 0.2) is 5.76 Å². The summed E-state index contributed by atoms with van der Waals surface area (Å²) in [5.41, 5.74) is 12.7. The van der Waals surface area contributed by atoms with Crippen molar-refractivity contribution in [3.05, 3.63) is 240 Å². The molecule has 8 aromatic rings. The number of aliphatic imine (C=N–C) groups is 1. The first-order valence-electron chi connectivity index (χ1n) is 23.9. The molecule has 3 aliphatic heterocycles. The van der Waals surface area contributed by atoms with Crippen molar-refractivity contribution in [2.75, 3.05) is 0 Å². The molecule has 0 fully saturated rings. The van der Waals surface area contributed by atoms with E-state index in [1.165, 1.54) is 11.1 Å². The van der Waals surface area contributed by atoms with Gasteiger partial charge < -0.3 is 14.7 Å². The second-order valence-electron chi connectivity index (χ2n) is 21.6. The first kappa shape index (κ1) is 47.6. The van der Waals surface area contributed by atoms with Crippen LogP contribution in [-0.2, 0) is 37.5 Å². The van der Waals surface area contributed by atoms with Gasteiger partial charge in [-0.2, -0.15) is 0 Å². The molecule has 71 heavy (non-hydrogen) atoms. The van der Waals surface area contributed by atoms with Gasteiger partial charge >= 0.3 is 22.5 Å². The number of nitrogens with zero attached hydrogens (tertiary/aromatic N) is 4. The molecule has 0 amide bonds. The summed E-state index contributed by atoms with van der Waals surface area (Å²) < 4.78 is 6.75. The molecule has 6 aromatic carbocycles. The molecule has 354 valence electrons. The van der Waals surface area contributed by atoms with Gasteiger partial charge in [-0.15, -0.1) is 22.1 Å². The summed E-state index contributed by atoms with van der Waals surface area (Å²) in [6.07, 6.45) is 4.12. The standard InChI is InChI=1S/C63H53ClN4O2.Ni/c1-61(2,3)40-24-20-37(21-25-40)52-46-30-32-48(65-46)53(38-22-26-41(27-23-38)62(4,5)6)56-45(64)35-50(67-56)57-59(70-60(69)39-18-14-11-15-19-39)55-51(36-16-12-10-13-17-36)44-34-42(63(7,8)9)28-29-43(44)54(58(55)68-57)49-33-31-47(52)66-49;/h10-35H,1-9H3;/q-2;+2. The molecule has 0 spiro atoms. The van der Waals surface area contributed by atoms with Crippen LogP contribution in [0.2, 0.25) is 5.02 Å². The van der Waals surface area contributed by atoms with Gasteiger partial charge in [0.25, 0.3) is 0 Å². The SMILES string of the molecule is CC(C)(C)c1ccc(C2=C3C=CC(=N3)C(c3ccc(C(C)(C)C)cc3)=c3ccc([n-]3)=c3c4c(c(-c5ccccc5)c5cc(C(C)(C)C)ccc35)C(OC(=O)c3ccccc3)=C(N=4)c3cc(Cl)c2[n-]3)cc1.[Ni+2]. The molecule has 0 aliphatic carbocycles. The molecule has 8 bridgehead atoms. The first-order valence-corrected chi connectivity index (χ1v) is 24.3. The zero-order chi connectivity index (χ0) is 48.9. The van der Waals surface area contributed by atoms with Crippen molar-refractivity contribution in [3.8, 4) is 11.1 Å². The fraction of sp³-hybridized carbons (Fsp3) is 0.190. The van der Waals surface area contributed by atoms with Gasteiger partial charge in [-0.1, -0.05) is 201 Å². The molecule has 3 aliphatic rings. The number of rotatable bonds is 5. The van der Waals surface area contributed by atoms with Crippen LogP contribution >= 0.6 is 11.6 Å². The largest absolute Gasteiger partial charge is 2.00 e. The number of carbonyl (C=O) groups is 1. The molecular weight excluding hydrogens is 939 g/mol. The third kappa shape index (κ3) is 8.49. The van der Waals surface area contributed by atoms with Crippen molar-refractivity contribution >= 4 is 56.7 Å². The van der Waals surface area contributed by atoms with E-state index in [1.54, 1.807) is 12.1 Å². The maximum atomic E-state index is 14.5. The van der Waals surface area contributed by atoms with Gasteiger partial charge in [-0.05, 0) is 107 Å². The minimum Gasteiger partial charge on any atom is -0.657 e. The van der Waals surface area contributed by atoms with Crippen LogP contribution in [0.4, 0.5) is 0 Å². The Labute approximate surface area is 429 Å². The Morgan fingerprint density at radius 2 is 1.13 bits per heavy atom. The summed E-state index contributed by atoms with van der Waals surface area (Å²) in [5, 5.41) is 5.30. The van der Waals surface area contributed by atoms with Gasteiger partial charge in [-0.3, -0.25) is 0 Å². The topological polar surface area (TPSA) is 79.2 Å². The molecule has 0 radical (unpaired) electrons. The zero-order valence-electron chi connectivity index (χ0n) is 41.3. The Bertz CT molecular complexity index is 3840. The average molecular weight is 992 g/mol. The van der Waals surface area contributed by atoms with E-state index in [-0.39, 0.29) is 32.7 Å². The monoisotopic (exact) mass is 990 g/mol. The van der Waals surface area contributed by atoms with Crippen molar-refractivity contribution < 1.29 is 26.0 Å². The summed E-state index contributed by atoms with van der Waals surface area (Å²) in [4.78, 5) is 36.5. The minimum atomic E-state index is -0.516. The molecule has 0 unspecified atom stereocenters. The number of hydrogen-bond acceptors (Lipinski definition) is 4. The van der Waals surface area contributed by atoms with Crippen LogP contribution < -0.4 is 20.7 Å². The van der Waals surface area contributed by atoms with E-state index in [2.05, 4.69) is 159 Å². The number of esters is 1. The molecule has 5 heterocycles. The summed E-state index contributed by atoms with van der Waals surface area (Å²) in [7, 11) is 0. The fourth-order valence-corrected chi connectivity index (χ4v) is 10.0. The number of halogens is 1. The van der Waals surface area contributed by atoms with Crippen molar-refractivity contribution in [2.24, 2.45) is 9.98 Å². The van der Waals surface area contributed by atoms with Crippen LogP contribution in [0.3, 0.4) is 0 Å². The maximum Gasteiger partial charge on any atom is 2.00 e. The Hall–Kier alpha value is -7.05. The number of carbonyl (C=O) groups excluding carboxylic acids is 1. The van der Waals surface area contributed by atoms with Crippen LogP contribution in [0.1, 0.15) is 117 Å². The molecule has 0 atom stereocenters. The Kier molecular flexibility index (Phi) is 11.8. The molecule has 8 heteroatoms. The summed E-state index contributed by atoms with van der Waals surface area (Å²) in [6, 6.07) is 49.4. The van der Waals surface area contributed by atoms with E-state index in [0.29, 0.717) is 50.0 Å². The average Bonchev–Trinajstić information content (AvgIpc) is 4.16. The van der Waals surface area contributed by atoms with Gasteiger partial charge in [0.2, 0.25) is 0 Å². The third-order valence-corrected chi connectivity index (χ3v) is 14.0. The summed E-state index contributed by atoms with van der Waals surface area (Å²) in [5.74, 6) is -0.222. The Morgan fingerprint density at radius 3 is 1.75 bits per heavy atom. The normalized spacial score (nSPS) is 14.3. The summed E-state index contributed by atoms with van der Waals surface area (Å²) in [6.45, 7) is 20.0. The predicted octanol–water partition coefficient (Wildman–Crippen LogP) is 13.6. The van der Waals surface area contributed by atoms with Gasteiger partial charge in [0.1, 0.15) is 0 Å². The molecule has 2 aromatic heterocycles. The second-order valence-corrected chi connectivity index (χ2v) is 22.0. The number of allylic oxidation sites excluding steroid dienone is 2. The van der Waals surface area contributed by atoms with E-state index in [4.69, 9.17) is 36.3 Å². The predicted molar refractivity (Wildman–Crippen MR) is 285 cm³/mol. The Balaban J connectivity index is 0.00000582. The van der Waals surface area contributed by atoms with Gasteiger partial charge in [0.05, 0.1) is 33.6 Å². The van der Waals surface area contributed by atoms with Crippen LogP contribution in [0, 0.1) is 10.6 Å². The fourth-order valence-electron chi connectivity index (χ4n) is 9.80. The van der Waals surface area contributed by atoms with E-state index in [9.17, 15) is 4.79 Å². The van der Waals surface area contributed by atoms with Gasteiger partial charge in [0, 0.05) is 10.6 Å². The number of benzene rings is 6. The maximum absolute atomic E-state index is 14.5. The molecule has 0 saturated heterocycles. The summed E-state index contributed by atoms with van der Waals surface area (Å²) >= 11 is 7.48. The minimum absolute atomic E-state index is 0. The van der Waals surface area contributed by atoms with E-state index < -0.39 is 5.97 Å². The van der Waals surface area contributed by atoms with Crippen molar-refractivity contribution in [3.63, 3.8) is 0 Å². The third-order valence-electron chi connectivity index (χ3n) is 13.7. The van der Waals surface area contributed by atoms with E-state index in [1.807, 2.05) is 48.5 Å². The molecular formula is C63H53ClN4NiO2.